The van der Waals surface area contributed by atoms with Crippen molar-refractivity contribution in [2.24, 2.45) is 0 Å². The van der Waals surface area contributed by atoms with Gasteiger partial charge in [0.1, 0.15) is 11.6 Å². The molecular weight excluding hydrogens is 186 g/mol. The number of benzene rings is 1. The topological polar surface area (TPSA) is 57.5 Å². The predicted octanol–water partition coefficient (Wildman–Crippen LogP) is -0.363. The number of carbonyl (C=O) groups excluding carboxylic acids is 1. The van der Waals surface area contributed by atoms with Crippen molar-refractivity contribution in [3.8, 4) is 0 Å². The van der Waals surface area contributed by atoms with Gasteiger partial charge >= 0.3 is 7.12 Å². The molecule has 2 N–H and O–H groups in total. The lowest BCUT2D eigenvalue weighted by molar-refractivity contribution is -0.116. The van der Waals surface area contributed by atoms with Crippen molar-refractivity contribution in [3.63, 3.8) is 0 Å². The SMILES string of the molecule is CC(=O)Cc1cccc(F)c1B(O)O. The molecular formula is C9H10BFO3. The molecule has 0 aliphatic carbocycles. The summed E-state index contributed by atoms with van der Waals surface area (Å²) in [6.07, 6.45) is 0.00468. The van der Waals surface area contributed by atoms with Gasteiger partial charge in [-0.1, -0.05) is 12.1 Å². The number of rotatable bonds is 3. The van der Waals surface area contributed by atoms with E-state index in [-0.39, 0.29) is 17.7 Å². The molecule has 1 aromatic rings. The third-order valence-corrected chi connectivity index (χ3v) is 1.84. The van der Waals surface area contributed by atoms with E-state index in [1.54, 1.807) is 0 Å². The van der Waals surface area contributed by atoms with Crippen molar-refractivity contribution in [1.29, 1.82) is 0 Å². The third-order valence-electron chi connectivity index (χ3n) is 1.84. The quantitative estimate of drug-likeness (QED) is 0.648. The van der Waals surface area contributed by atoms with E-state index in [2.05, 4.69) is 0 Å². The zero-order chi connectivity index (χ0) is 10.7. The molecule has 1 rings (SSSR count). The van der Waals surface area contributed by atoms with Crippen molar-refractivity contribution in [2.45, 2.75) is 13.3 Å². The maximum Gasteiger partial charge on any atom is 0.491 e. The van der Waals surface area contributed by atoms with E-state index in [9.17, 15) is 9.18 Å². The minimum absolute atomic E-state index is 0.00468. The lowest BCUT2D eigenvalue weighted by Crippen LogP contribution is -2.36. The molecule has 0 unspecified atom stereocenters. The van der Waals surface area contributed by atoms with E-state index < -0.39 is 12.9 Å². The Kier molecular flexibility index (Phi) is 3.38. The summed E-state index contributed by atoms with van der Waals surface area (Å²) < 4.78 is 13.1. The summed E-state index contributed by atoms with van der Waals surface area (Å²) in [4.78, 5) is 10.8. The fraction of sp³-hybridized carbons (Fsp3) is 0.222. The van der Waals surface area contributed by atoms with E-state index in [4.69, 9.17) is 10.0 Å². The molecule has 0 aliphatic rings. The molecule has 0 fully saturated rings. The molecule has 3 nitrogen and oxygen atoms in total. The van der Waals surface area contributed by atoms with E-state index in [1.165, 1.54) is 19.1 Å². The maximum atomic E-state index is 13.1. The molecule has 0 amide bonds. The molecule has 0 aromatic heterocycles. The zero-order valence-electron chi connectivity index (χ0n) is 7.70. The average Bonchev–Trinajstić information content (AvgIpc) is 2.01. The second kappa shape index (κ2) is 4.35. The smallest absolute Gasteiger partial charge is 0.423 e. The van der Waals surface area contributed by atoms with Gasteiger partial charge in [-0.25, -0.2) is 4.39 Å². The van der Waals surface area contributed by atoms with Crippen molar-refractivity contribution in [1.82, 2.24) is 0 Å². The molecule has 5 heteroatoms. The first-order chi connectivity index (χ1) is 6.52. The first-order valence-electron chi connectivity index (χ1n) is 4.15. The number of Topliss-reactive ketones (excluding diaryl/α,β-unsaturated/α-hetero) is 1. The van der Waals surface area contributed by atoms with Gasteiger partial charge in [0.2, 0.25) is 0 Å². The summed E-state index contributed by atoms with van der Waals surface area (Å²) in [5, 5.41) is 17.8. The highest BCUT2D eigenvalue weighted by atomic mass is 19.1. The van der Waals surface area contributed by atoms with Crippen LogP contribution in [0, 0.1) is 5.82 Å². The van der Waals surface area contributed by atoms with E-state index >= 15 is 0 Å². The minimum Gasteiger partial charge on any atom is -0.423 e. The molecule has 0 heterocycles. The standard InChI is InChI=1S/C9H10BFO3/c1-6(12)5-7-3-2-4-8(11)9(7)10(13)14/h2-4,13-14H,5H2,1H3. The van der Waals surface area contributed by atoms with Gasteiger partial charge in [-0.05, 0) is 18.6 Å². The molecule has 0 bridgehead atoms. The van der Waals surface area contributed by atoms with Crippen LogP contribution in [0.2, 0.25) is 0 Å². The average molecular weight is 196 g/mol. The summed E-state index contributed by atoms with van der Waals surface area (Å²) >= 11 is 0. The lowest BCUT2D eigenvalue weighted by Gasteiger charge is -2.07. The summed E-state index contributed by atoms with van der Waals surface area (Å²) in [6, 6.07) is 4.05. The van der Waals surface area contributed by atoms with Gasteiger partial charge in [0, 0.05) is 11.9 Å². The van der Waals surface area contributed by atoms with Crippen LogP contribution in [0.4, 0.5) is 4.39 Å². The minimum atomic E-state index is -1.88. The Bertz CT molecular complexity index is 352. The van der Waals surface area contributed by atoms with Crippen molar-refractivity contribution in [3.05, 3.63) is 29.6 Å². The van der Waals surface area contributed by atoms with E-state index in [0.717, 1.165) is 6.07 Å². The molecule has 0 radical (unpaired) electrons. The predicted molar refractivity (Wildman–Crippen MR) is 50.6 cm³/mol. The highest BCUT2D eigenvalue weighted by Crippen LogP contribution is 2.03. The van der Waals surface area contributed by atoms with E-state index in [1.807, 2.05) is 0 Å². The molecule has 74 valence electrons. The normalized spacial score (nSPS) is 10.0. The van der Waals surface area contributed by atoms with E-state index in [0.29, 0.717) is 5.56 Å². The summed E-state index contributed by atoms with van der Waals surface area (Å²) in [6.45, 7) is 1.36. The van der Waals surface area contributed by atoms with Crippen LogP contribution in [0.5, 0.6) is 0 Å². The second-order valence-corrected chi connectivity index (χ2v) is 3.07. The number of hydrogen-bond acceptors (Lipinski definition) is 3. The van der Waals surface area contributed by atoms with Gasteiger partial charge in [-0.15, -0.1) is 0 Å². The Labute approximate surface area is 81.3 Å². The lowest BCUT2D eigenvalue weighted by atomic mass is 9.75. The Morgan fingerprint density at radius 2 is 2.14 bits per heavy atom. The van der Waals surface area contributed by atoms with Crippen LogP contribution in [0.25, 0.3) is 0 Å². The van der Waals surface area contributed by atoms with Gasteiger partial charge in [-0.2, -0.15) is 0 Å². The highest BCUT2D eigenvalue weighted by Gasteiger charge is 2.20. The first kappa shape index (κ1) is 10.9. The fourth-order valence-electron chi connectivity index (χ4n) is 1.29. The highest BCUT2D eigenvalue weighted by molar-refractivity contribution is 6.59. The summed E-state index contributed by atoms with van der Waals surface area (Å²) in [5.41, 5.74) is 0.0928. The van der Waals surface area contributed by atoms with Crippen molar-refractivity contribution < 1.29 is 19.2 Å². The van der Waals surface area contributed by atoms with Crippen LogP contribution in [0.15, 0.2) is 18.2 Å². The molecule has 14 heavy (non-hydrogen) atoms. The van der Waals surface area contributed by atoms with Gasteiger partial charge in [-0.3, -0.25) is 4.79 Å². The van der Waals surface area contributed by atoms with Gasteiger partial charge < -0.3 is 10.0 Å². The Morgan fingerprint density at radius 1 is 1.50 bits per heavy atom. The number of carbonyl (C=O) groups is 1. The maximum absolute atomic E-state index is 13.1. The summed E-state index contributed by atoms with van der Waals surface area (Å²) in [5.74, 6) is -0.865. The van der Waals surface area contributed by atoms with Crippen molar-refractivity contribution >= 4 is 18.4 Å². The molecule has 1 aromatic carbocycles. The molecule has 0 atom stereocenters. The van der Waals surface area contributed by atoms with Crippen LogP contribution >= 0.6 is 0 Å². The van der Waals surface area contributed by atoms with Gasteiger partial charge in [0.15, 0.2) is 0 Å². The Morgan fingerprint density at radius 3 is 2.64 bits per heavy atom. The largest absolute Gasteiger partial charge is 0.491 e. The first-order valence-corrected chi connectivity index (χ1v) is 4.15. The Hall–Kier alpha value is -1.20. The van der Waals surface area contributed by atoms with Gasteiger partial charge in [0.05, 0.1) is 0 Å². The monoisotopic (exact) mass is 196 g/mol. The van der Waals surface area contributed by atoms with Crippen LogP contribution < -0.4 is 5.46 Å². The van der Waals surface area contributed by atoms with Crippen molar-refractivity contribution in [2.75, 3.05) is 0 Å². The number of hydrogen-bond donors (Lipinski definition) is 2. The second-order valence-electron chi connectivity index (χ2n) is 3.07. The Balaban J connectivity index is 3.14. The number of halogens is 1. The third kappa shape index (κ3) is 2.40. The molecule has 0 spiro atoms. The fourth-order valence-corrected chi connectivity index (χ4v) is 1.29. The van der Waals surface area contributed by atoms with Crippen LogP contribution in [-0.2, 0) is 11.2 Å². The van der Waals surface area contributed by atoms with Crippen LogP contribution in [0.3, 0.4) is 0 Å². The molecule has 0 saturated heterocycles. The zero-order valence-corrected chi connectivity index (χ0v) is 7.70. The van der Waals surface area contributed by atoms with Crippen LogP contribution in [0.1, 0.15) is 12.5 Å². The van der Waals surface area contributed by atoms with Gasteiger partial charge in [0.25, 0.3) is 0 Å². The van der Waals surface area contributed by atoms with Crippen LogP contribution in [-0.4, -0.2) is 22.9 Å². The molecule has 0 saturated carbocycles. The molecule has 0 aliphatic heterocycles. The summed E-state index contributed by atoms with van der Waals surface area (Å²) in [7, 11) is -1.88. The number of ketones is 1.